The SMILES string of the molecule is CC1(C)c2ccccc2-c2ccc(-c3cc4c5cc(N(c6ccccc6)c6ccc(-c7ccccc7)cc6)ccc5oc4c4ccccc34)cc21. The summed E-state index contributed by atoms with van der Waals surface area (Å²) in [7, 11) is 0. The molecule has 0 spiro atoms. The van der Waals surface area contributed by atoms with Crippen LogP contribution in [0.5, 0.6) is 0 Å². The predicted molar refractivity (Wildman–Crippen MR) is 214 cm³/mol. The zero-order chi connectivity index (χ0) is 34.1. The molecule has 2 nitrogen and oxygen atoms in total. The standard InChI is InChI=1S/C49H35NO/c1-49(2)45-20-12-11-18-39(45)40-27-23-34(29-46(40)49)42-31-44-43-30-37(26-28-47(43)51-48(44)41-19-10-9-17-38(41)42)50(35-15-7-4-8-16-35)36-24-21-33(22-25-36)32-13-5-3-6-14-32/h3-31H,1-2H3. The van der Waals surface area contributed by atoms with Gasteiger partial charge in [0.1, 0.15) is 11.2 Å². The van der Waals surface area contributed by atoms with Gasteiger partial charge in [-0.15, -0.1) is 0 Å². The molecule has 1 aromatic heterocycles. The molecule has 0 N–H and O–H groups in total. The second-order valence-corrected chi connectivity index (χ2v) is 14.1. The number of benzene rings is 8. The first-order valence-electron chi connectivity index (χ1n) is 17.7. The Morgan fingerprint density at radius 3 is 1.80 bits per heavy atom. The van der Waals surface area contributed by atoms with E-state index >= 15 is 0 Å². The molecule has 0 saturated carbocycles. The number of anilines is 3. The number of fused-ring (bicyclic) bond motifs is 8. The summed E-state index contributed by atoms with van der Waals surface area (Å²) in [6, 6.07) is 63.5. The molecule has 1 aliphatic rings. The number of hydrogen-bond donors (Lipinski definition) is 0. The van der Waals surface area contributed by atoms with Crippen LogP contribution >= 0.6 is 0 Å². The van der Waals surface area contributed by atoms with E-state index in [4.69, 9.17) is 4.42 Å². The van der Waals surface area contributed by atoms with Crippen molar-refractivity contribution in [2.75, 3.05) is 4.90 Å². The minimum Gasteiger partial charge on any atom is -0.455 e. The Kier molecular flexibility index (Phi) is 6.56. The summed E-state index contributed by atoms with van der Waals surface area (Å²) in [5, 5.41) is 4.55. The molecule has 0 saturated heterocycles. The third-order valence-electron chi connectivity index (χ3n) is 10.9. The Morgan fingerprint density at radius 2 is 1.00 bits per heavy atom. The second-order valence-electron chi connectivity index (χ2n) is 14.1. The third-order valence-corrected chi connectivity index (χ3v) is 10.9. The zero-order valence-corrected chi connectivity index (χ0v) is 28.6. The molecular weight excluding hydrogens is 619 g/mol. The van der Waals surface area contributed by atoms with E-state index in [0.29, 0.717) is 0 Å². The van der Waals surface area contributed by atoms with Crippen LogP contribution in [0.2, 0.25) is 0 Å². The topological polar surface area (TPSA) is 16.4 Å². The first kappa shape index (κ1) is 29.5. The molecule has 8 aromatic carbocycles. The summed E-state index contributed by atoms with van der Waals surface area (Å²) in [6.45, 7) is 4.70. The van der Waals surface area contributed by atoms with Gasteiger partial charge in [-0.1, -0.05) is 135 Å². The van der Waals surface area contributed by atoms with Gasteiger partial charge in [-0.25, -0.2) is 0 Å². The lowest BCUT2D eigenvalue weighted by molar-refractivity contribution is 0.660. The summed E-state index contributed by atoms with van der Waals surface area (Å²) in [4.78, 5) is 2.33. The van der Waals surface area contributed by atoms with E-state index in [1.165, 1.54) is 49.9 Å². The van der Waals surface area contributed by atoms with Gasteiger partial charge in [0, 0.05) is 38.6 Å². The minimum absolute atomic E-state index is 0.0702. The monoisotopic (exact) mass is 653 g/mol. The lowest BCUT2D eigenvalue weighted by atomic mass is 9.81. The van der Waals surface area contributed by atoms with Gasteiger partial charge in [-0.2, -0.15) is 0 Å². The Morgan fingerprint density at radius 1 is 0.392 bits per heavy atom. The molecule has 9 aromatic rings. The van der Waals surface area contributed by atoms with Gasteiger partial charge in [0.15, 0.2) is 0 Å². The van der Waals surface area contributed by atoms with Crippen LogP contribution in [0.1, 0.15) is 25.0 Å². The van der Waals surface area contributed by atoms with Crippen LogP contribution in [0.4, 0.5) is 17.1 Å². The van der Waals surface area contributed by atoms with Gasteiger partial charge in [0.25, 0.3) is 0 Å². The Labute approximate surface area is 297 Å². The molecule has 0 aliphatic heterocycles. The molecule has 0 bridgehead atoms. The number of para-hydroxylation sites is 1. The summed E-state index contributed by atoms with van der Waals surface area (Å²) in [6.07, 6.45) is 0. The molecule has 0 amide bonds. The fraction of sp³-hybridized carbons (Fsp3) is 0.0612. The highest BCUT2D eigenvalue weighted by atomic mass is 16.3. The quantitative estimate of drug-likeness (QED) is 0.184. The van der Waals surface area contributed by atoms with E-state index in [9.17, 15) is 0 Å². The Balaban J connectivity index is 1.15. The van der Waals surface area contributed by atoms with Crippen LogP contribution in [0, 0.1) is 0 Å². The summed E-state index contributed by atoms with van der Waals surface area (Å²) < 4.78 is 6.70. The fourth-order valence-corrected chi connectivity index (χ4v) is 8.29. The molecule has 242 valence electrons. The molecule has 0 fully saturated rings. The molecule has 51 heavy (non-hydrogen) atoms. The van der Waals surface area contributed by atoms with E-state index in [0.717, 1.165) is 44.4 Å². The number of hydrogen-bond acceptors (Lipinski definition) is 2. The van der Waals surface area contributed by atoms with E-state index < -0.39 is 0 Å². The van der Waals surface area contributed by atoms with Crippen molar-refractivity contribution in [3.8, 4) is 33.4 Å². The van der Waals surface area contributed by atoms with Crippen molar-refractivity contribution in [2.45, 2.75) is 19.3 Å². The van der Waals surface area contributed by atoms with Crippen molar-refractivity contribution in [3.05, 3.63) is 187 Å². The van der Waals surface area contributed by atoms with Crippen LogP contribution in [0.3, 0.4) is 0 Å². The maximum absolute atomic E-state index is 6.70. The fourth-order valence-electron chi connectivity index (χ4n) is 8.29. The van der Waals surface area contributed by atoms with E-state index in [-0.39, 0.29) is 5.41 Å². The Bertz CT molecular complexity index is 2760. The van der Waals surface area contributed by atoms with Gasteiger partial charge >= 0.3 is 0 Å². The predicted octanol–water partition coefficient (Wildman–Crippen LogP) is 13.8. The summed E-state index contributed by atoms with van der Waals surface area (Å²) >= 11 is 0. The van der Waals surface area contributed by atoms with Crippen molar-refractivity contribution in [3.63, 3.8) is 0 Å². The third kappa shape index (κ3) is 4.64. The van der Waals surface area contributed by atoms with Crippen molar-refractivity contribution in [1.82, 2.24) is 0 Å². The first-order chi connectivity index (χ1) is 25.0. The average molecular weight is 654 g/mol. The lowest BCUT2D eigenvalue weighted by Gasteiger charge is -2.25. The molecule has 2 heteroatoms. The van der Waals surface area contributed by atoms with Gasteiger partial charge in [-0.05, 0) is 104 Å². The summed E-state index contributed by atoms with van der Waals surface area (Å²) in [5.41, 5.74) is 15.3. The van der Waals surface area contributed by atoms with Crippen molar-refractivity contribution in [1.29, 1.82) is 0 Å². The van der Waals surface area contributed by atoms with Crippen molar-refractivity contribution < 1.29 is 4.42 Å². The van der Waals surface area contributed by atoms with Crippen LogP contribution in [0.25, 0.3) is 66.1 Å². The maximum atomic E-state index is 6.70. The van der Waals surface area contributed by atoms with Crippen LogP contribution < -0.4 is 4.90 Å². The number of furan rings is 1. The highest BCUT2D eigenvalue weighted by molar-refractivity contribution is 6.19. The zero-order valence-electron chi connectivity index (χ0n) is 28.6. The summed E-state index contributed by atoms with van der Waals surface area (Å²) in [5.74, 6) is 0. The van der Waals surface area contributed by atoms with Gasteiger partial charge in [-0.3, -0.25) is 0 Å². The van der Waals surface area contributed by atoms with Gasteiger partial charge in [0.05, 0.1) is 0 Å². The van der Waals surface area contributed by atoms with Crippen LogP contribution in [0.15, 0.2) is 180 Å². The van der Waals surface area contributed by atoms with Gasteiger partial charge in [0.2, 0.25) is 0 Å². The van der Waals surface area contributed by atoms with Crippen LogP contribution in [-0.4, -0.2) is 0 Å². The maximum Gasteiger partial charge on any atom is 0.143 e. The average Bonchev–Trinajstić information content (AvgIpc) is 3.67. The normalized spacial score (nSPS) is 13.1. The van der Waals surface area contributed by atoms with Crippen molar-refractivity contribution in [2.24, 2.45) is 0 Å². The van der Waals surface area contributed by atoms with Crippen LogP contribution in [-0.2, 0) is 5.41 Å². The molecule has 10 rings (SSSR count). The number of nitrogens with zero attached hydrogens (tertiary/aromatic N) is 1. The highest BCUT2D eigenvalue weighted by Gasteiger charge is 2.35. The molecule has 1 heterocycles. The Hall–Kier alpha value is -6.38. The van der Waals surface area contributed by atoms with E-state index in [2.05, 4.69) is 195 Å². The van der Waals surface area contributed by atoms with E-state index in [1.807, 2.05) is 0 Å². The molecule has 0 atom stereocenters. The van der Waals surface area contributed by atoms with Crippen molar-refractivity contribution >= 4 is 49.8 Å². The second kappa shape index (κ2) is 11.3. The molecule has 1 aliphatic carbocycles. The molecular formula is C49H35NO. The molecule has 0 unspecified atom stereocenters. The first-order valence-corrected chi connectivity index (χ1v) is 17.7. The highest BCUT2D eigenvalue weighted by Crippen LogP contribution is 2.50. The number of rotatable bonds is 5. The van der Waals surface area contributed by atoms with Gasteiger partial charge < -0.3 is 9.32 Å². The molecule has 0 radical (unpaired) electrons. The lowest BCUT2D eigenvalue weighted by Crippen LogP contribution is -2.14. The minimum atomic E-state index is -0.0702. The van der Waals surface area contributed by atoms with E-state index in [1.54, 1.807) is 0 Å². The smallest absolute Gasteiger partial charge is 0.143 e. The largest absolute Gasteiger partial charge is 0.455 e.